The van der Waals surface area contributed by atoms with Crippen LogP contribution in [0, 0.1) is 13.8 Å². The SMILES string of the molecule is CN=C(NCCCCN1CCOCC1)NCCCn1nc(C)cc1C. The van der Waals surface area contributed by atoms with Gasteiger partial charge in [-0.05, 0) is 45.7 Å². The summed E-state index contributed by atoms with van der Waals surface area (Å²) in [6.07, 6.45) is 3.39. The monoisotopic (exact) mass is 350 g/mol. The molecule has 1 aliphatic rings. The van der Waals surface area contributed by atoms with Crippen molar-refractivity contribution < 1.29 is 4.74 Å². The van der Waals surface area contributed by atoms with Crippen LogP contribution in [0.1, 0.15) is 30.7 Å². The third kappa shape index (κ3) is 7.44. The van der Waals surface area contributed by atoms with Gasteiger partial charge in [-0.25, -0.2) is 0 Å². The minimum atomic E-state index is 0.881. The number of nitrogens with zero attached hydrogens (tertiary/aromatic N) is 4. The van der Waals surface area contributed by atoms with Gasteiger partial charge >= 0.3 is 0 Å². The number of rotatable bonds is 9. The zero-order valence-corrected chi connectivity index (χ0v) is 16.1. The fraction of sp³-hybridized carbons (Fsp3) is 0.778. The highest BCUT2D eigenvalue weighted by molar-refractivity contribution is 5.79. The van der Waals surface area contributed by atoms with E-state index in [1.807, 2.05) is 14.0 Å². The molecule has 0 unspecified atom stereocenters. The number of aryl methyl sites for hydroxylation is 3. The van der Waals surface area contributed by atoms with E-state index < -0.39 is 0 Å². The highest BCUT2D eigenvalue weighted by Crippen LogP contribution is 2.02. The van der Waals surface area contributed by atoms with E-state index in [1.54, 1.807) is 0 Å². The van der Waals surface area contributed by atoms with Crippen LogP contribution in [0.5, 0.6) is 0 Å². The Hall–Kier alpha value is -1.60. The van der Waals surface area contributed by atoms with Crippen LogP contribution in [0.25, 0.3) is 0 Å². The van der Waals surface area contributed by atoms with Crippen molar-refractivity contribution in [2.45, 2.75) is 39.7 Å². The summed E-state index contributed by atoms with van der Waals surface area (Å²) in [6, 6.07) is 2.12. The Morgan fingerprint density at radius 2 is 1.84 bits per heavy atom. The molecular formula is C18H34N6O. The van der Waals surface area contributed by atoms with E-state index in [9.17, 15) is 0 Å². The molecule has 1 aromatic rings. The highest BCUT2D eigenvalue weighted by Gasteiger charge is 2.09. The van der Waals surface area contributed by atoms with Crippen LogP contribution in [-0.4, -0.2) is 73.6 Å². The van der Waals surface area contributed by atoms with Crippen molar-refractivity contribution in [3.05, 3.63) is 17.5 Å². The second-order valence-corrected chi connectivity index (χ2v) is 6.59. The molecule has 0 spiro atoms. The Bertz CT molecular complexity index is 522. The Morgan fingerprint density at radius 1 is 1.12 bits per heavy atom. The van der Waals surface area contributed by atoms with E-state index in [0.717, 1.165) is 70.4 Å². The van der Waals surface area contributed by atoms with Gasteiger partial charge in [0.15, 0.2) is 5.96 Å². The molecule has 7 nitrogen and oxygen atoms in total. The summed E-state index contributed by atoms with van der Waals surface area (Å²) in [7, 11) is 1.82. The summed E-state index contributed by atoms with van der Waals surface area (Å²) in [5.74, 6) is 0.889. The number of nitrogens with one attached hydrogen (secondary N) is 2. The van der Waals surface area contributed by atoms with Gasteiger partial charge in [0.25, 0.3) is 0 Å². The number of aliphatic imine (C=N–C) groups is 1. The Balaban J connectivity index is 1.51. The molecule has 0 aliphatic carbocycles. The Kier molecular flexibility index (Phi) is 8.76. The summed E-state index contributed by atoms with van der Waals surface area (Å²) in [5, 5.41) is 11.3. The zero-order valence-electron chi connectivity index (χ0n) is 16.1. The minimum Gasteiger partial charge on any atom is -0.379 e. The van der Waals surface area contributed by atoms with Crippen molar-refractivity contribution in [2.24, 2.45) is 4.99 Å². The average Bonchev–Trinajstić information content (AvgIpc) is 2.94. The summed E-state index contributed by atoms with van der Waals surface area (Å²) in [5.41, 5.74) is 2.31. The quantitative estimate of drug-likeness (QED) is 0.398. The van der Waals surface area contributed by atoms with Gasteiger partial charge in [-0.3, -0.25) is 14.6 Å². The molecule has 0 amide bonds. The van der Waals surface area contributed by atoms with Crippen molar-refractivity contribution in [3.8, 4) is 0 Å². The molecule has 7 heteroatoms. The molecule has 0 aromatic carbocycles. The van der Waals surface area contributed by atoms with Crippen molar-refractivity contribution in [1.82, 2.24) is 25.3 Å². The van der Waals surface area contributed by atoms with Crippen LogP contribution in [0.3, 0.4) is 0 Å². The lowest BCUT2D eigenvalue weighted by Gasteiger charge is -2.26. The third-order valence-corrected chi connectivity index (χ3v) is 4.46. The molecule has 0 radical (unpaired) electrons. The zero-order chi connectivity index (χ0) is 17.9. The second kappa shape index (κ2) is 11.1. The normalized spacial score (nSPS) is 16.2. The molecule has 1 aromatic heterocycles. The first-order chi connectivity index (χ1) is 12.2. The molecule has 1 aliphatic heterocycles. The van der Waals surface area contributed by atoms with Crippen LogP contribution in [0.2, 0.25) is 0 Å². The number of guanidine groups is 1. The second-order valence-electron chi connectivity index (χ2n) is 6.59. The summed E-state index contributed by atoms with van der Waals surface area (Å²) < 4.78 is 7.44. The van der Waals surface area contributed by atoms with E-state index in [0.29, 0.717) is 0 Å². The van der Waals surface area contributed by atoms with E-state index in [4.69, 9.17) is 4.74 Å². The standard InChI is InChI=1S/C18H34N6O/c1-16-15-17(2)24(22-16)10-6-8-21-18(19-3)20-7-4-5-9-23-11-13-25-14-12-23/h15H,4-14H2,1-3H3,(H2,19,20,21). The van der Waals surface area contributed by atoms with Gasteiger partial charge in [0, 0.05) is 45.5 Å². The van der Waals surface area contributed by atoms with Crippen LogP contribution < -0.4 is 10.6 Å². The maximum Gasteiger partial charge on any atom is 0.190 e. The predicted octanol–water partition coefficient (Wildman–Crippen LogP) is 1.17. The summed E-state index contributed by atoms with van der Waals surface area (Å²) >= 11 is 0. The van der Waals surface area contributed by atoms with Crippen molar-refractivity contribution in [3.63, 3.8) is 0 Å². The maximum absolute atomic E-state index is 5.37. The number of morpholine rings is 1. The van der Waals surface area contributed by atoms with Crippen LogP contribution >= 0.6 is 0 Å². The van der Waals surface area contributed by atoms with E-state index in [2.05, 4.69) is 43.3 Å². The molecule has 142 valence electrons. The van der Waals surface area contributed by atoms with Gasteiger partial charge in [-0.1, -0.05) is 0 Å². The smallest absolute Gasteiger partial charge is 0.190 e. The Morgan fingerprint density at radius 3 is 2.48 bits per heavy atom. The lowest BCUT2D eigenvalue weighted by atomic mass is 10.3. The fourth-order valence-corrected chi connectivity index (χ4v) is 3.05. The number of unbranched alkanes of at least 4 members (excludes halogenated alkanes) is 1. The van der Waals surface area contributed by atoms with Gasteiger partial charge in [0.05, 0.1) is 18.9 Å². The molecule has 0 bridgehead atoms. The molecular weight excluding hydrogens is 316 g/mol. The lowest BCUT2D eigenvalue weighted by molar-refractivity contribution is 0.0372. The third-order valence-electron chi connectivity index (χ3n) is 4.46. The number of hydrogen-bond acceptors (Lipinski definition) is 4. The number of hydrogen-bond donors (Lipinski definition) is 2. The first-order valence-corrected chi connectivity index (χ1v) is 9.44. The largest absolute Gasteiger partial charge is 0.379 e. The van der Waals surface area contributed by atoms with Gasteiger partial charge in [-0.2, -0.15) is 5.10 Å². The number of ether oxygens (including phenoxy) is 1. The topological polar surface area (TPSA) is 66.7 Å². The molecule has 2 rings (SSSR count). The van der Waals surface area contributed by atoms with Crippen molar-refractivity contribution >= 4 is 5.96 Å². The van der Waals surface area contributed by atoms with Crippen molar-refractivity contribution in [1.29, 1.82) is 0 Å². The van der Waals surface area contributed by atoms with Gasteiger partial charge in [0.1, 0.15) is 0 Å². The van der Waals surface area contributed by atoms with E-state index in [1.165, 1.54) is 18.7 Å². The molecule has 25 heavy (non-hydrogen) atoms. The average molecular weight is 351 g/mol. The van der Waals surface area contributed by atoms with Crippen molar-refractivity contribution in [2.75, 3.05) is 53.0 Å². The van der Waals surface area contributed by atoms with Gasteiger partial charge < -0.3 is 15.4 Å². The summed E-state index contributed by atoms with van der Waals surface area (Å²) in [4.78, 5) is 6.77. The first kappa shape index (κ1) is 19.7. The lowest BCUT2D eigenvalue weighted by Crippen LogP contribution is -2.39. The van der Waals surface area contributed by atoms with Gasteiger partial charge in [0.2, 0.25) is 0 Å². The van der Waals surface area contributed by atoms with Crippen LogP contribution in [0.4, 0.5) is 0 Å². The minimum absolute atomic E-state index is 0.881. The molecule has 2 N–H and O–H groups in total. The summed E-state index contributed by atoms with van der Waals surface area (Å²) in [6.45, 7) is 12.0. The molecule has 0 saturated carbocycles. The maximum atomic E-state index is 5.37. The number of aromatic nitrogens is 2. The first-order valence-electron chi connectivity index (χ1n) is 9.44. The molecule has 1 fully saturated rings. The Labute approximate surface area is 151 Å². The predicted molar refractivity (Wildman–Crippen MR) is 102 cm³/mol. The molecule has 1 saturated heterocycles. The fourth-order valence-electron chi connectivity index (χ4n) is 3.05. The van der Waals surface area contributed by atoms with E-state index in [-0.39, 0.29) is 0 Å². The highest BCUT2D eigenvalue weighted by atomic mass is 16.5. The molecule has 2 heterocycles. The molecule has 0 atom stereocenters. The van der Waals surface area contributed by atoms with Crippen LogP contribution in [0.15, 0.2) is 11.1 Å². The van der Waals surface area contributed by atoms with Crippen LogP contribution in [-0.2, 0) is 11.3 Å². The van der Waals surface area contributed by atoms with E-state index >= 15 is 0 Å². The van der Waals surface area contributed by atoms with Gasteiger partial charge in [-0.15, -0.1) is 0 Å².